The van der Waals surface area contributed by atoms with Gasteiger partial charge in [0.05, 0.1) is 0 Å². The first-order chi connectivity index (χ1) is 9.05. The molecule has 0 radical (unpaired) electrons. The van der Waals surface area contributed by atoms with Crippen LogP contribution in [0.4, 0.5) is 0 Å². The molecule has 20 heavy (non-hydrogen) atoms. The first kappa shape index (κ1) is 18.9. The van der Waals surface area contributed by atoms with Gasteiger partial charge in [-0.05, 0) is 23.5 Å². The summed E-state index contributed by atoms with van der Waals surface area (Å²) in [6.07, 6.45) is 0. The van der Waals surface area contributed by atoms with Crippen LogP contribution in [-0.4, -0.2) is 26.9 Å². The number of carbonyl (C=O) groups excluding carboxylic acids is 2. The minimum absolute atomic E-state index is 0.276. The second kappa shape index (κ2) is 7.62. The van der Waals surface area contributed by atoms with E-state index in [2.05, 4.69) is 48.1 Å². The minimum Gasteiger partial charge on any atom is -0.516 e. The summed E-state index contributed by atoms with van der Waals surface area (Å²) in [6, 6.07) is 0. The third kappa shape index (κ3) is 4.47. The molecule has 0 aromatic heterocycles. The zero-order valence-electron chi connectivity index (χ0n) is 13.8. The molecule has 0 saturated heterocycles. The molecule has 0 N–H and O–H groups in total. The maximum absolute atomic E-state index is 12.0. The maximum atomic E-state index is 12.0. The molecular formula is C15H28O4Si. The van der Waals surface area contributed by atoms with Gasteiger partial charge in [0.2, 0.25) is 0 Å². The van der Waals surface area contributed by atoms with Crippen molar-refractivity contribution in [3.8, 4) is 0 Å². The van der Waals surface area contributed by atoms with Crippen molar-refractivity contribution < 1.29 is 18.8 Å². The molecule has 0 aliphatic carbocycles. The average Bonchev–Trinajstić information content (AvgIpc) is 2.31. The van der Waals surface area contributed by atoms with E-state index in [1.807, 2.05) is 0 Å². The number of hydrogen-bond donors (Lipinski definition) is 0. The first-order valence-corrected chi connectivity index (χ1v) is 9.24. The molecule has 0 atom stereocenters. The zero-order valence-corrected chi connectivity index (χ0v) is 14.8. The van der Waals surface area contributed by atoms with Gasteiger partial charge in [0.15, 0.2) is 6.61 Å². The molecule has 116 valence electrons. The molecule has 0 heterocycles. The van der Waals surface area contributed by atoms with Crippen LogP contribution in [-0.2, 0) is 18.8 Å². The molecule has 0 spiro atoms. The van der Waals surface area contributed by atoms with Crippen molar-refractivity contribution >= 4 is 20.3 Å². The standard InChI is InChI=1S/C15H28O4Si/c1-10(2)15(17)18-9-14(16)19-20(11(3)4,12(5)6)13(7)8/h11-13H,1,9H2,2-8H3. The Morgan fingerprint density at radius 3 is 1.70 bits per heavy atom. The van der Waals surface area contributed by atoms with E-state index < -0.39 is 20.3 Å². The van der Waals surface area contributed by atoms with Gasteiger partial charge >= 0.3 is 11.9 Å². The van der Waals surface area contributed by atoms with Gasteiger partial charge in [0, 0.05) is 5.57 Å². The summed E-state index contributed by atoms with van der Waals surface area (Å²) in [5.74, 6) is -1.02. The van der Waals surface area contributed by atoms with Crippen LogP contribution in [0.1, 0.15) is 48.5 Å². The van der Waals surface area contributed by atoms with E-state index in [-0.39, 0.29) is 12.2 Å². The predicted octanol–water partition coefficient (Wildman–Crippen LogP) is 3.82. The highest BCUT2D eigenvalue weighted by Gasteiger charge is 2.48. The molecule has 0 aromatic carbocycles. The largest absolute Gasteiger partial charge is 0.516 e. The second-order valence-corrected chi connectivity index (χ2v) is 11.5. The highest BCUT2D eigenvalue weighted by Crippen LogP contribution is 2.42. The van der Waals surface area contributed by atoms with Crippen molar-refractivity contribution in [3.05, 3.63) is 12.2 Å². The summed E-state index contributed by atoms with van der Waals surface area (Å²) >= 11 is 0. The number of esters is 1. The molecular weight excluding hydrogens is 272 g/mol. The summed E-state index contributed by atoms with van der Waals surface area (Å²) in [5, 5.41) is 0. The van der Waals surface area contributed by atoms with Crippen LogP contribution in [0.15, 0.2) is 12.2 Å². The SMILES string of the molecule is C=C(C)C(=O)OCC(=O)O[Si](C(C)C)(C(C)C)C(C)C. The van der Waals surface area contributed by atoms with Gasteiger partial charge in [-0.1, -0.05) is 48.1 Å². The molecule has 0 aliphatic heterocycles. The van der Waals surface area contributed by atoms with Crippen molar-refractivity contribution in [3.63, 3.8) is 0 Å². The van der Waals surface area contributed by atoms with Crippen LogP contribution in [0, 0.1) is 0 Å². The van der Waals surface area contributed by atoms with Crippen LogP contribution in [0.5, 0.6) is 0 Å². The molecule has 0 unspecified atom stereocenters. The van der Waals surface area contributed by atoms with Crippen molar-refractivity contribution in [2.45, 2.75) is 65.1 Å². The van der Waals surface area contributed by atoms with Crippen LogP contribution >= 0.6 is 0 Å². The summed E-state index contributed by atoms with van der Waals surface area (Å²) < 4.78 is 10.7. The van der Waals surface area contributed by atoms with Crippen LogP contribution in [0.2, 0.25) is 16.6 Å². The Kier molecular flexibility index (Phi) is 7.20. The molecule has 4 nitrogen and oxygen atoms in total. The van der Waals surface area contributed by atoms with E-state index in [9.17, 15) is 9.59 Å². The molecule has 5 heteroatoms. The topological polar surface area (TPSA) is 52.6 Å². The lowest BCUT2D eigenvalue weighted by molar-refractivity contribution is -0.151. The number of hydrogen-bond acceptors (Lipinski definition) is 4. The van der Waals surface area contributed by atoms with Gasteiger partial charge in [0.1, 0.15) is 0 Å². The van der Waals surface area contributed by atoms with Crippen LogP contribution in [0.3, 0.4) is 0 Å². The van der Waals surface area contributed by atoms with Gasteiger partial charge < -0.3 is 9.16 Å². The molecule has 0 fully saturated rings. The van der Waals surface area contributed by atoms with Crippen molar-refractivity contribution in [2.75, 3.05) is 6.61 Å². The van der Waals surface area contributed by atoms with Gasteiger partial charge in [-0.15, -0.1) is 0 Å². The second-order valence-electron chi connectivity index (χ2n) is 6.15. The van der Waals surface area contributed by atoms with Crippen LogP contribution < -0.4 is 0 Å². The van der Waals surface area contributed by atoms with Gasteiger partial charge in [-0.2, -0.15) is 0 Å². The monoisotopic (exact) mass is 300 g/mol. The fourth-order valence-corrected chi connectivity index (χ4v) is 7.99. The smallest absolute Gasteiger partial charge is 0.333 e. The van der Waals surface area contributed by atoms with E-state index in [1.54, 1.807) is 6.92 Å². The van der Waals surface area contributed by atoms with Gasteiger partial charge in [0.25, 0.3) is 8.32 Å². The maximum Gasteiger partial charge on any atom is 0.333 e. The lowest BCUT2D eigenvalue weighted by Crippen LogP contribution is -2.49. The highest BCUT2D eigenvalue weighted by atomic mass is 28.4. The lowest BCUT2D eigenvalue weighted by atomic mass is 10.4. The Morgan fingerprint density at radius 1 is 1.00 bits per heavy atom. The summed E-state index contributed by atoms with van der Waals surface area (Å²) in [5.41, 5.74) is 1.20. The average molecular weight is 300 g/mol. The van der Waals surface area contributed by atoms with Crippen molar-refractivity contribution in [1.29, 1.82) is 0 Å². The van der Waals surface area contributed by atoms with Gasteiger partial charge in [-0.25, -0.2) is 9.59 Å². The van der Waals surface area contributed by atoms with E-state index in [4.69, 9.17) is 9.16 Å². The Hall–Kier alpha value is -1.10. The number of carbonyl (C=O) groups is 2. The zero-order chi connectivity index (χ0) is 16.1. The fourth-order valence-electron chi connectivity index (χ4n) is 2.83. The van der Waals surface area contributed by atoms with E-state index in [0.717, 1.165) is 0 Å². The molecule has 0 rings (SSSR count). The quantitative estimate of drug-likeness (QED) is 0.407. The summed E-state index contributed by atoms with van der Waals surface area (Å²) in [4.78, 5) is 23.3. The molecule has 0 amide bonds. The highest BCUT2D eigenvalue weighted by molar-refractivity contribution is 6.78. The molecule has 0 saturated carbocycles. The number of ether oxygens (including phenoxy) is 1. The van der Waals surface area contributed by atoms with Crippen molar-refractivity contribution in [2.24, 2.45) is 0 Å². The van der Waals surface area contributed by atoms with Crippen molar-refractivity contribution in [1.82, 2.24) is 0 Å². The normalized spacial score (nSPS) is 11.9. The molecule has 0 aromatic rings. The van der Waals surface area contributed by atoms with E-state index in [0.29, 0.717) is 16.6 Å². The third-order valence-electron chi connectivity index (χ3n) is 3.67. The first-order valence-electron chi connectivity index (χ1n) is 7.10. The third-order valence-corrected chi connectivity index (χ3v) is 9.66. The predicted molar refractivity (Wildman–Crippen MR) is 82.9 cm³/mol. The van der Waals surface area contributed by atoms with E-state index in [1.165, 1.54) is 0 Å². The number of rotatable bonds is 7. The molecule has 0 bridgehead atoms. The summed E-state index contributed by atoms with van der Waals surface area (Å²) in [7, 11) is -2.25. The Bertz CT molecular complexity index is 350. The molecule has 0 aliphatic rings. The lowest BCUT2D eigenvalue weighted by Gasteiger charge is -2.41. The Balaban J connectivity index is 4.88. The Labute approximate surface area is 123 Å². The minimum atomic E-state index is -2.25. The summed E-state index contributed by atoms with van der Waals surface area (Å²) in [6.45, 7) is 17.3. The van der Waals surface area contributed by atoms with Gasteiger partial charge in [-0.3, -0.25) is 0 Å². The Morgan fingerprint density at radius 2 is 1.40 bits per heavy atom. The van der Waals surface area contributed by atoms with E-state index >= 15 is 0 Å². The van der Waals surface area contributed by atoms with Crippen LogP contribution in [0.25, 0.3) is 0 Å². The fraction of sp³-hybridized carbons (Fsp3) is 0.733.